The number of nitrogens with two attached hydrogens (primary N) is 1. The molecule has 2 heterocycles. The minimum Gasteiger partial charge on any atom is -0.366 e. The highest BCUT2D eigenvalue weighted by molar-refractivity contribution is 5.78. The minimum atomic E-state index is -0.363. The van der Waals surface area contributed by atoms with Crippen molar-refractivity contribution in [1.29, 1.82) is 0 Å². The Hall–Kier alpha value is -2.94. The van der Waals surface area contributed by atoms with Crippen molar-refractivity contribution in [2.24, 2.45) is 5.73 Å². The van der Waals surface area contributed by atoms with E-state index < -0.39 is 0 Å². The van der Waals surface area contributed by atoms with Crippen LogP contribution in [0.1, 0.15) is 12.7 Å². The number of halogens is 1. The third-order valence-corrected chi connectivity index (χ3v) is 4.46. The van der Waals surface area contributed by atoms with Crippen LogP contribution in [0.5, 0.6) is 0 Å². The Morgan fingerprint density at radius 1 is 1.26 bits per heavy atom. The molecular weight excluding hydrogens is 353 g/mol. The average Bonchev–Trinajstić information content (AvgIpc) is 3.15. The van der Waals surface area contributed by atoms with E-state index in [0.717, 1.165) is 0 Å². The number of piperazine rings is 1. The fraction of sp³-hybridized carbons (Fsp3) is 0.389. The molecule has 1 aromatic heterocycles. The van der Waals surface area contributed by atoms with Crippen LogP contribution in [0.2, 0.25) is 0 Å². The molecule has 3 N–H and O–H groups in total. The van der Waals surface area contributed by atoms with Gasteiger partial charge in [0.05, 0.1) is 18.8 Å². The van der Waals surface area contributed by atoms with Gasteiger partial charge in [-0.25, -0.2) is 4.39 Å². The Kier molecular flexibility index (Phi) is 5.70. The molecule has 3 rings (SSSR count). The Morgan fingerprint density at radius 2 is 2.00 bits per heavy atom. The molecule has 1 aromatic carbocycles. The highest BCUT2D eigenvalue weighted by Crippen LogP contribution is 2.27. The summed E-state index contributed by atoms with van der Waals surface area (Å²) in [6.45, 7) is 3.77. The molecule has 0 unspecified atom stereocenters. The standard InChI is InChI=1S/C18H22FN5O3/c1-12(25)21-11-14-9-16(22-27-14)13-2-3-17(15(19)8-13)23-4-6-24(7-5-23)18(26)10-20/h2-3,8-9H,4-7,10-11,20H2,1H3,(H,21,25). The van der Waals surface area contributed by atoms with E-state index in [1.807, 2.05) is 4.90 Å². The molecule has 9 heteroatoms. The number of rotatable bonds is 5. The van der Waals surface area contributed by atoms with Gasteiger partial charge in [0.2, 0.25) is 11.8 Å². The zero-order chi connectivity index (χ0) is 19.4. The maximum Gasteiger partial charge on any atom is 0.236 e. The molecule has 1 fully saturated rings. The van der Waals surface area contributed by atoms with Crippen LogP contribution in [0.15, 0.2) is 28.8 Å². The molecule has 1 saturated heterocycles. The van der Waals surface area contributed by atoms with Crippen molar-refractivity contribution >= 4 is 17.5 Å². The lowest BCUT2D eigenvalue weighted by molar-refractivity contribution is -0.130. The van der Waals surface area contributed by atoms with Crippen molar-refractivity contribution in [3.63, 3.8) is 0 Å². The number of nitrogens with zero attached hydrogens (tertiary/aromatic N) is 3. The molecule has 1 aliphatic rings. The molecule has 0 bridgehead atoms. The second kappa shape index (κ2) is 8.17. The molecule has 1 aliphatic heterocycles. The van der Waals surface area contributed by atoms with Crippen molar-refractivity contribution < 1.29 is 18.5 Å². The van der Waals surface area contributed by atoms with Crippen LogP contribution in [0, 0.1) is 5.82 Å². The van der Waals surface area contributed by atoms with Crippen molar-refractivity contribution in [2.75, 3.05) is 37.6 Å². The summed E-state index contributed by atoms with van der Waals surface area (Å²) in [7, 11) is 0. The normalized spacial score (nSPS) is 14.3. The van der Waals surface area contributed by atoms with Gasteiger partial charge in [0.1, 0.15) is 11.5 Å². The van der Waals surface area contributed by atoms with Gasteiger partial charge in [-0.3, -0.25) is 9.59 Å². The Balaban J connectivity index is 1.68. The van der Waals surface area contributed by atoms with E-state index in [1.54, 1.807) is 23.1 Å². The summed E-state index contributed by atoms with van der Waals surface area (Å²) in [5.74, 6) is -0.133. The van der Waals surface area contributed by atoms with E-state index in [4.69, 9.17) is 10.3 Å². The van der Waals surface area contributed by atoms with Crippen LogP contribution in [0.4, 0.5) is 10.1 Å². The van der Waals surface area contributed by atoms with Gasteiger partial charge in [-0.2, -0.15) is 0 Å². The highest BCUT2D eigenvalue weighted by atomic mass is 19.1. The first kappa shape index (κ1) is 18.8. The van der Waals surface area contributed by atoms with Gasteiger partial charge in [0, 0.05) is 44.7 Å². The summed E-state index contributed by atoms with van der Waals surface area (Å²) in [6, 6.07) is 6.55. The lowest BCUT2D eigenvalue weighted by Gasteiger charge is -2.36. The van der Waals surface area contributed by atoms with E-state index in [0.29, 0.717) is 48.9 Å². The SMILES string of the molecule is CC(=O)NCc1cc(-c2ccc(N3CCN(C(=O)CN)CC3)c(F)c2)no1. The number of benzene rings is 1. The van der Waals surface area contributed by atoms with Gasteiger partial charge < -0.3 is 25.4 Å². The smallest absolute Gasteiger partial charge is 0.236 e. The van der Waals surface area contributed by atoms with Crippen molar-refractivity contribution in [3.8, 4) is 11.3 Å². The van der Waals surface area contributed by atoms with Crippen molar-refractivity contribution in [2.45, 2.75) is 13.5 Å². The molecule has 0 saturated carbocycles. The number of carbonyl (C=O) groups is 2. The van der Waals surface area contributed by atoms with Crippen LogP contribution < -0.4 is 16.0 Å². The maximum atomic E-state index is 14.6. The third-order valence-electron chi connectivity index (χ3n) is 4.46. The van der Waals surface area contributed by atoms with Gasteiger partial charge in [0.25, 0.3) is 0 Å². The van der Waals surface area contributed by atoms with Gasteiger partial charge in [-0.05, 0) is 12.1 Å². The molecule has 144 valence electrons. The van der Waals surface area contributed by atoms with E-state index in [-0.39, 0.29) is 30.7 Å². The predicted octanol–water partition coefficient (Wildman–Crippen LogP) is 0.724. The summed E-state index contributed by atoms with van der Waals surface area (Å²) < 4.78 is 19.8. The number of amides is 2. The molecule has 0 aliphatic carbocycles. The minimum absolute atomic E-state index is 0.00924. The van der Waals surface area contributed by atoms with Gasteiger partial charge in [-0.15, -0.1) is 0 Å². The zero-order valence-corrected chi connectivity index (χ0v) is 15.1. The molecular formula is C18H22FN5O3. The molecule has 0 radical (unpaired) electrons. The van der Waals surface area contributed by atoms with Crippen molar-refractivity contribution in [1.82, 2.24) is 15.4 Å². The van der Waals surface area contributed by atoms with Crippen LogP contribution in [0.25, 0.3) is 11.3 Å². The van der Waals surface area contributed by atoms with Crippen LogP contribution >= 0.6 is 0 Å². The molecule has 2 amide bonds. The Morgan fingerprint density at radius 3 is 2.63 bits per heavy atom. The van der Waals surface area contributed by atoms with E-state index >= 15 is 0 Å². The maximum absolute atomic E-state index is 14.6. The fourth-order valence-corrected chi connectivity index (χ4v) is 2.99. The first-order valence-electron chi connectivity index (χ1n) is 8.70. The van der Waals surface area contributed by atoms with Gasteiger partial charge in [-0.1, -0.05) is 11.2 Å². The summed E-state index contributed by atoms with van der Waals surface area (Å²) in [4.78, 5) is 26.2. The lowest BCUT2D eigenvalue weighted by atomic mass is 10.1. The summed E-state index contributed by atoms with van der Waals surface area (Å²) in [6.07, 6.45) is 0. The Labute approximate surface area is 156 Å². The summed E-state index contributed by atoms with van der Waals surface area (Å²) in [5, 5.41) is 6.54. The number of hydrogen-bond donors (Lipinski definition) is 2. The number of anilines is 1. The largest absolute Gasteiger partial charge is 0.366 e. The summed E-state index contributed by atoms with van der Waals surface area (Å²) in [5.41, 5.74) is 6.96. The lowest BCUT2D eigenvalue weighted by Crippen LogP contribution is -2.50. The molecule has 27 heavy (non-hydrogen) atoms. The molecule has 2 aromatic rings. The highest BCUT2D eigenvalue weighted by Gasteiger charge is 2.22. The van der Waals surface area contributed by atoms with Gasteiger partial charge in [0.15, 0.2) is 5.76 Å². The number of nitrogens with one attached hydrogen (secondary N) is 1. The van der Waals surface area contributed by atoms with Crippen LogP contribution in [-0.4, -0.2) is 54.6 Å². The average molecular weight is 375 g/mol. The zero-order valence-electron chi connectivity index (χ0n) is 15.1. The molecule has 0 atom stereocenters. The molecule has 8 nitrogen and oxygen atoms in total. The third kappa shape index (κ3) is 4.43. The van der Waals surface area contributed by atoms with E-state index in [9.17, 15) is 14.0 Å². The monoisotopic (exact) mass is 375 g/mol. The predicted molar refractivity (Wildman–Crippen MR) is 97.3 cm³/mol. The van der Waals surface area contributed by atoms with Crippen LogP contribution in [-0.2, 0) is 16.1 Å². The van der Waals surface area contributed by atoms with Crippen molar-refractivity contribution in [3.05, 3.63) is 35.8 Å². The van der Waals surface area contributed by atoms with E-state index in [1.165, 1.54) is 13.0 Å². The second-order valence-electron chi connectivity index (χ2n) is 6.33. The topological polar surface area (TPSA) is 105 Å². The van der Waals surface area contributed by atoms with Crippen LogP contribution in [0.3, 0.4) is 0 Å². The fourth-order valence-electron chi connectivity index (χ4n) is 2.99. The van der Waals surface area contributed by atoms with Gasteiger partial charge >= 0.3 is 0 Å². The number of carbonyl (C=O) groups excluding carboxylic acids is 2. The first-order chi connectivity index (χ1) is 13.0. The number of hydrogen-bond acceptors (Lipinski definition) is 6. The Bertz CT molecular complexity index is 830. The van der Waals surface area contributed by atoms with E-state index in [2.05, 4.69) is 10.5 Å². The second-order valence-corrected chi connectivity index (χ2v) is 6.33. The summed E-state index contributed by atoms with van der Waals surface area (Å²) >= 11 is 0. The molecule has 0 spiro atoms. The quantitative estimate of drug-likeness (QED) is 0.798. The first-order valence-corrected chi connectivity index (χ1v) is 8.70. The number of aromatic nitrogens is 1.